The maximum absolute atomic E-state index is 3.75. The lowest BCUT2D eigenvalue weighted by Gasteiger charge is -2.25. The van der Waals surface area contributed by atoms with E-state index in [9.17, 15) is 0 Å². The second-order valence-corrected chi connectivity index (χ2v) is 6.30. The van der Waals surface area contributed by atoms with E-state index in [1.165, 1.54) is 41.4 Å². The van der Waals surface area contributed by atoms with Gasteiger partial charge in [-0.25, -0.2) is 0 Å². The minimum absolute atomic E-state index is 0.728. The molecule has 0 aromatic heterocycles. The third-order valence-corrected chi connectivity index (χ3v) is 4.77. The molecule has 2 saturated carbocycles. The molecule has 0 aliphatic heterocycles. The molecule has 86 valence electrons. The van der Waals surface area contributed by atoms with Gasteiger partial charge in [-0.1, -0.05) is 28.4 Å². The lowest BCUT2D eigenvalue weighted by Crippen LogP contribution is -2.26. The molecule has 1 nitrogen and oxygen atoms in total. The van der Waals surface area contributed by atoms with Crippen LogP contribution in [0, 0.1) is 18.8 Å². The number of hydrogen-bond acceptors (Lipinski definition) is 1. The molecule has 0 spiro atoms. The fraction of sp³-hybridized carbons (Fsp3) is 0.571. The Morgan fingerprint density at radius 1 is 1.25 bits per heavy atom. The predicted molar refractivity (Wildman–Crippen MR) is 71.7 cm³/mol. The van der Waals surface area contributed by atoms with Crippen molar-refractivity contribution < 1.29 is 0 Å². The summed E-state index contributed by atoms with van der Waals surface area (Å²) in [6.07, 6.45) is 5.76. The summed E-state index contributed by atoms with van der Waals surface area (Å²) < 4.78 is 1.17. The second-order valence-electron chi connectivity index (χ2n) is 5.38. The van der Waals surface area contributed by atoms with Crippen LogP contribution in [-0.2, 0) is 0 Å². The zero-order chi connectivity index (χ0) is 11.1. The van der Waals surface area contributed by atoms with Crippen molar-refractivity contribution in [1.82, 2.24) is 0 Å². The first-order valence-electron chi connectivity index (χ1n) is 6.25. The maximum atomic E-state index is 3.75. The van der Waals surface area contributed by atoms with Crippen LogP contribution >= 0.6 is 15.9 Å². The molecule has 2 bridgehead atoms. The van der Waals surface area contributed by atoms with Gasteiger partial charge < -0.3 is 5.32 Å². The van der Waals surface area contributed by atoms with E-state index >= 15 is 0 Å². The maximum Gasteiger partial charge on any atom is 0.0383 e. The summed E-state index contributed by atoms with van der Waals surface area (Å²) in [5, 5.41) is 3.75. The van der Waals surface area contributed by atoms with Crippen molar-refractivity contribution in [2.24, 2.45) is 11.8 Å². The largest absolute Gasteiger partial charge is 0.382 e. The Kier molecular flexibility index (Phi) is 2.70. The van der Waals surface area contributed by atoms with Crippen LogP contribution in [0.5, 0.6) is 0 Å². The molecule has 0 saturated heterocycles. The Hall–Kier alpha value is -0.500. The molecule has 1 aromatic rings. The number of fused-ring (bicyclic) bond motifs is 2. The van der Waals surface area contributed by atoms with Crippen molar-refractivity contribution in [2.45, 2.75) is 38.6 Å². The van der Waals surface area contributed by atoms with Gasteiger partial charge in [-0.15, -0.1) is 0 Å². The van der Waals surface area contributed by atoms with Gasteiger partial charge in [0.05, 0.1) is 0 Å². The highest BCUT2D eigenvalue weighted by atomic mass is 79.9. The van der Waals surface area contributed by atoms with E-state index < -0.39 is 0 Å². The molecule has 2 aliphatic rings. The minimum Gasteiger partial charge on any atom is -0.382 e. The van der Waals surface area contributed by atoms with Crippen LogP contribution in [0.2, 0.25) is 0 Å². The number of aryl methyl sites for hydroxylation is 1. The van der Waals surface area contributed by atoms with Gasteiger partial charge in [0.15, 0.2) is 0 Å². The summed E-state index contributed by atoms with van der Waals surface area (Å²) in [6.45, 7) is 2.18. The molecular formula is C14H18BrN. The van der Waals surface area contributed by atoms with Crippen molar-refractivity contribution >= 4 is 21.6 Å². The molecule has 1 N–H and O–H groups in total. The minimum atomic E-state index is 0.728. The molecule has 1 aromatic carbocycles. The quantitative estimate of drug-likeness (QED) is 0.848. The van der Waals surface area contributed by atoms with E-state index in [1.807, 2.05) is 0 Å². The third kappa shape index (κ3) is 1.88. The Morgan fingerprint density at radius 2 is 2.12 bits per heavy atom. The van der Waals surface area contributed by atoms with Gasteiger partial charge in [-0.2, -0.15) is 0 Å². The first-order valence-corrected chi connectivity index (χ1v) is 7.04. The van der Waals surface area contributed by atoms with Gasteiger partial charge in [-0.05, 0) is 55.7 Å². The lowest BCUT2D eigenvalue weighted by atomic mass is 9.95. The molecule has 3 rings (SSSR count). The highest BCUT2D eigenvalue weighted by molar-refractivity contribution is 9.10. The summed E-state index contributed by atoms with van der Waals surface area (Å²) >= 11 is 3.55. The topological polar surface area (TPSA) is 12.0 Å². The van der Waals surface area contributed by atoms with Crippen LogP contribution in [0.15, 0.2) is 22.7 Å². The molecule has 16 heavy (non-hydrogen) atoms. The molecule has 0 heterocycles. The molecule has 3 atom stereocenters. The number of benzene rings is 1. The molecule has 2 aliphatic carbocycles. The number of anilines is 1. The zero-order valence-corrected chi connectivity index (χ0v) is 11.3. The van der Waals surface area contributed by atoms with Gasteiger partial charge in [-0.3, -0.25) is 0 Å². The van der Waals surface area contributed by atoms with Gasteiger partial charge in [0.2, 0.25) is 0 Å². The van der Waals surface area contributed by atoms with Crippen LogP contribution in [-0.4, -0.2) is 6.04 Å². The van der Waals surface area contributed by atoms with Gasteiger partial charge in [0, 0.05) is 16.2 Å². The number of hydrogen-bond donors (Lipinski definition) is 1. The molecule has 0 radical (unpaired) electrons. The van der Waals surface area contributed by atoms with E-state index in [-0.39, 0.29) is 0 Å². The summed E-state index contributed by atoms with van der Waals surface area (Å²) in [5.74, 6) is 1.94. The van der Waals surface area contributed by atoms with Gasteiger partial charge in [0.1, 0.15) is 0 Å². The van der Waals surface area contributed by atoms with Crippen molar-refractivity contribution in [3.63, 3.8) is 0 Å². The van der Waals surface area contributed by atoms with Crippen molar-refractivity contribution in [2.75, 3.05) is 5.32 Å². The predicted octanol–water partition coefficient (Wildman–Crippen LogP) is 4.36. The van der Waals surface area contributed by atoms with Crippen LogP contribution < -0.4 is 5.32 Å². The molecule has 2 heteroatoms. The average molecular weight is 280 g/mol. The SMILES string of the molecule is Cc1ccc(Br)cc1NC1CC2CCC1C2. The van der Waals surface area contributed by atoms with Crippen molar-refractivity contribution in [1.29, 1.82) is 0 Å². The normalized spacial score (nSPS) is 32.0. The molecule has 3 unspecified atom stereocenters. The Balaban J connectivity index is 1.76. The summed E-state index contributed by atoms with van der Waals surface area (Å²) in [7, 11) is 0. The fourth-order valence-electron chi connectivity index (χ4n) is 3.37. The molecule has 2 fully saturated rings. The van der Waals surface area contributed by atoms with Crippen LogP contribution in [0.3, 0.4) is 0 Å². The van der Waals surface area contributed by atoms with Gasteiger partial charge in [0.25, 0.3) is 0 Å². The number of rotatable bonds is 2. The summed E-state index contributed by atoms with van der Waals surface area (Å²) in [4.78, 5) is 0. The Labute approximate surface area is 106 Å². The Morgan fingerprint density at radius 3 is 2.81 bits per heavy atom. The standard InChI is InChI=1S/C14H18BrN/c1-9-2-5-12(15)8-13(9)16-14-7-10-3-4-11(14)6-10/h2,5,8,10-11,14,16H,3-4,6-7H2,1H3. The molecule has 0 amide bonds. The van der Waals surface area contributed by atoms with E-state index in [2.05, 4.69) is 46.4 Å². The third-order valence-electron chi connectivity index (χ3n) is 4.28. The Bertz CT molecular complexity index is 402. The van der Waals surface area contributed by atoms with Crippen LogP contribution in [0.25, 0.3) is 0 Å². The van der Waals surface area contributed by atoms with E-state index in [4.69, 9.17) is 0 Å². The van der Waals surface area contributed by atoms with E-state index in [0.29, 0.717) is 0 Å². The summed E-state index contributed by atoms with van der Waals surface area (Å²) in [6, 6.07) is 7.23. The van der Waals surface area contributed by atoms with Crippen LogP contribution in [0.4, 0.5) is 5.69 Å². The summed E-state index contributed by atoms with van der Waals surface area (Å²) in [5.41, 5.74) is 2.66. The first-order chi connectivity index (χ1) is 7.72. The monoisotopic (exact) mass is 279 g/mol. The second kappa shape index (κ2) is 4.06. The lowest BCUT2D eigenvalue weighted by molar-refractivity contribution is 0.439. The average Bonchev–Trinajstić information content (AvgIpc) is 2.85. The fourth-order valence-corrected chi connectivity index (χ4v) is 3.73. The number of nitrogens with one attached hydrogen (secondary N) is 1. The number of halogens is 1. The highest BCUT2D eigenvalue weighted by Gasteiger charge is 2.39. The van der Waals surface area contributed by atoms with Crippen molar-refractivity contribution in [3.8, 4) is 0 Å². The smallest absolute Gasteiger partial charge is 0.0383 e. The van der Waals surface area contributed by atoms with Crippen LogP contribution in [0.1, 0.15) is 31.2 Å². The van der Waals surface area contributed by atoms with E-state index in [1.54, 1.807) is 0 Å². The highest BCUT2D eigenvalue weighted by Crippen LogP contribution is 2.45. The zero-order valence-electron chi connectivity index (χ0n) is 9.67. The van der Waals surface area contributed by atoms with Gasteiger partial charge >= 0.3 is 0 Å². The van der Waals surface area contributed by atoms with Crippen molar-refractivity contribution in [3.05, 3.63) is 28.2 Å². The molecular weight excluding hydrogens is 262 g/mol. The first kappa shape index (κ1) is 10.6. The van der Waals surface area contributed by atoms with E-state index in [0.717, 1.165) is 17.9 Å².